The molecule has 0 heterocycles. The lowest BCUT2D eigenvalue weighted by atomic mass is 10.3. The lowest BCUT2D eigenvalue weighted by molar-refractivity contribution is -0.439. The van der Waals surface area contributed by atoms with Crippen molar-refractivity contribution in [2.45, 2.75) is 0 Å². The molecule has 6 nitrogen and oxygen atoms in total. The van der Waals surface area contributed by atoms with Crippen molar-refractivity contribution in [3.05, 3.63) is 12.1 Å². The molecule has 0 bridgehead atoms. The molecule has 12 heavy (non-hydrogen) atoms. The first kappa shape index (κ1) is 8.44. The molecule has 0 spiro atoms. The zero-order valence-corrected chi connectivity index (χ0v) is 5.76. The predicted octanol–water partition coefficient (Wildman–Crippen LogP) is 0.587. The minimum atomic E-state index is -0.746. The summed E-state index contributed by atoms with van der Waals surface area (Å²) in [5.41, 5.74) is 0. The van der Waals surface area contributed by atoms with Crippen LogP contribution in [0.4, 0.5) is 0 Å². The number of rotatable bonds is 2. The Morgan fingerprint density at radius 1 is 1.00 bits per heavy atom. The zero-order chi connectivity index (χ0) is 9.14. The van der Waals surface area contributed by atoms with Crippen LogP contribution in [0.25, 0.3) is 0 Å². The fourth-order valence-electron chi connectivity index (χ4n) is 0.658. The molecule has 1 aromatic carbocycles. The molecule has 0 aliphatic carbocycles. The maximum absolute atomic E-state index is 8.98. The molecule has 1 aromatic rings. The van der Waals surface area contributed by atoms with E-state index in [1.165, 1.54) is 0 Å². The molecule has 0 unspecified atom stereocenters. The lowest BCUT2D eigenvalue weighted by Gasteiger charge is -2.04. The Bertz CT molecular complexity index is 284. The molecule has 66 valence electrons. The fraction of sp³-hybridized carbons (Fsp3) is 0. The van der Waals surface area contributed by atoms with E-state index in [1.807, 2.05) is 0 Å². The van der Waals surface area contributed by atoms with E-state index in [4.69, 9.17) is 20.6 Å². The zero-order valence-electron chi connectivity index (χ0n) is 5.76. The van der Waals surface area contributed by atoms with Crippen molar-refractivity contribution in [3.8, 4) is 23.0 Å². The lowest BCUT2D eigenvalue weighted by Crippen LogP contribution is -1.91. The average molecular weight is 174 g/mol. The van der Waals surface area contributed by atoms with Gasteiger partial charge >= 0.3 is 0 Å². The van der Waals surface area contributed by atoms with Crippen LogP contribution in [0.15, 0.2) is 12.1 Å². The second-order valence-corrected chi connectivity index (χ2v) is 1.94. The smallest absolute Gasteiger partial charge is 0.214 e. The third-order valence-corrected chi connectivity index (χ3v) is 1.22. The van der Waals surface area contributed by atoms with Crippen LogP contribution in [0.2, 0.25) is 0 Å². The minimum Gasteiger partial charge on any atom is -0.504 e. The SMILES string of the molecule is OOOc1ccc(O)c(O)c1O. The average Bonchev–Trinajstić information content (AvgIpc) is 2.07. The first-order valence-corrected chi connectivity index (χ1v) is 2.88. The van der Waals surface area contributed by atoms with Crippen LogP contribution in [0.5, 0.6) is 23.0 Å². The molecule has 0 aromatic heterocycles. The van der Waals surface area contributed by atoms with E-state index >= 15 is 0 Å². The van der Waals surface area contributed by atoms with Crippen LogP contribution in [0.3, 0.4) is 0 Å². The molecule has 0 aliphatic heterocycles. The molecule has 4 N–H and O–H groups in total. The minimum absolute atomic E-state index is 0.312. The van der Waals surface area contributed by atoms with Crippen LogP contribution in [0.1, 0.15) is 0 Å². The topological polar surface area (TPSA) is 99.4 Å². The van der Waals surface area contributed by atoms with Crippen LogP contribution >= 0.6 is 0 Å². The Kier molecular flexibility index (Phi) is 2.22. The fourth-order valence-corrected chi connectivity index (χ4v) is 0.658. The Hall–Kier alpha value is -1.66. The third kappa shape index (κ3) is 1.34. The summed E-state index contributed by atoms with van der Waals surface area (Å²) in [6.45, 7) is 0. The van der Waals surface area contributed by atoms with Gasteiger partial charge in [-0.3, -0.25) is 0 Å². The highest BCUT2D eigenvalue weighted by atomic mass is 17.5. The summed E-state index contributed by atoms with van der Waals surface area (Å²) in [7, 11) is 0. The normalized spacial score (nSPS) is 9.75. The molecule has 0 amide bonds. The van der Waals surface area contributed by atoms with Gasteiger partial charge in [0.05, 0.1) is 0 Å². The molecule has 0 fully saturated rings. The van der Waals surface area contributed by atoms with E-state index in [9.17, 15) is 0 Å². The Morgan fingerprint density at radius 2 is 1.67 bits per heavy atom. The van der Waals surface area contributed by atoms with E-state index in [2.05, 4.69) is 9.93 Å². The van der Waals surface area contributed by atoms with Crippen molar-refractivity contribution < 1.29 is 30.5 Å². The number of benzene rings is 1. The Balaban J connectivity index is 3.08. The van der Waals surface area contributed by atoms with Gasteiger partial charge in [-0.25, -0.2) is 5.26 Å². The first-order chi connectivity index (χ1) is 5.66. The van der Waals surface area contributed by atoms with Gasteiger partial charge in [-0.15, -0.1) is 0 Å². The molecule has 0 saturated carbocycles. The van der Waals surface area contributed by atoms with Gasteiger partial charge in [0.2, 0.25) is 17.2 Å². The van der Waals surface area contributed by atoms with E-state index in [0.29, 0.717) is 0 Å². The summed E-state index contributed by atoms with van der Waals surface area (Å²) >= 11 is 0. The van der Waals surface area contributed by atoms with Crippen molar-refractivity contribution in [3.63, 3.8) is 0 Å². The van der Waals surface area contributed by atoms with E-state index < -0.39 is 17.2 Å². The van der Waals surface area contributed by atoms with Crippen molar-refractivity contribution in [1.82, 2.24) is 0 Å². The van der Waals surface area contributed by atoms with Gasteiger partial charge in [0.15, 0.2) is 5.75 Å². The molecular formula is C6H6O6. The maximum Gasteiger partial charge on any atom is 0.214 e. The van der Waals surface area contributed by atoms with Crippen LogP contribution < -0.4 is 4.89 Å². The van der Waals surface area contributed by atoms with Gasteiger partial charge in [0.25, 0.3) is 0 Å². The second-order valence-electron chi connectivity index (χ2n) is 1.94. The Morgan fingerprint density at radius 3 is 2.25 bits per heavy atom. The summed E-state index contributed by atoms with van der Waals surface area (Å²) in [5, 5.41) is 37.8. The number of aromatic hydroxyl groups is 3. The quantitative estimate of drug-likeness (QED) is 0.297. The molecule has 0 saturated heterocycles. The second kappa shape index (κ2) is 3.16. The molecule has 6 heteroatoms. The molecule has 0 aliphatic rings. The van der Waals surface area contributed by atoms with Gasteiger partial charge in [0.1, 0.15) is 0 Å². The number of phenolic OH excluding ortho intramolecular Hbond substituents is 3. The number of hydrogen-bond donors (Lipinski definition) is 4. The van der Waals surface area contributed by atoms with Crippen LogP contribution in [0, 0.1) is 0 Å². The predicted molar refractivity (Wildman–Crippen MR) is 35.8 cm³/mol. The third-order valence-electron chi connectivity index (χ3n) is 1.22. The summed E-state index contributed by atoms with van der Waals surface area (Å²) < 4.78 is 0. The summed E-state index contributed by atoms with van der Waals surface area (Å²) in [4.78, 5) is 4.01. The van der Waals surface area contributed by atoms with Gasteiger partial charge in [-0.05, 0) is 17.2 Å². The highest BCUT2D eigenvalue weighted by molar-refractivity contribution is 5.56. The van der Waals surface area contributed by atoms with E-state index in [1.54, 1.807) is 0 Å². The monoisotopic (exact) mass is 174 g/mol. The van der Waals surface area contributed by atoms with Gasteiger partial charge < -0.3 is 20.2 Å². The van der Waals surface area contributed by atoms with Gasteiger partial charge in [-0.2, -0.15) is 0 Å². The first-order valence-electron chi connectivity index (χ1n) is 2.88. The molecule has 1 rings (SSSR count). The Labute approximate surface area is 66.7 Å². The van der Waals surface area contributed by atoms with E-state index in [-0.39, 0.29) is 5.75 Å². The maximum atomic E-state index is 8.98. The van der Waals surface area contributed by atoms with Crippen molar-refractivity contribution in [2.75, 3.05) is 0 Å². The van der Waals surface area contributed by atoms with Crippen molar-refractivity contribution in [2.24, 2.45) is 0 Å². The van der Waals surface area contributed by atoms with Gasteiger partial charge in [-0.1, -0.05) is 0 Å². The van der Waals surface area contributed by atoms with E-state index in [0.717, 1.165) is 12.1 Å². The summed E-state index contributed by atoms with van der Waals surface area (Å²) in [5.74, 6) is -2.28. The standard InChI is InChI=1S/C6H6O6/c7-3-1-2-4(11-12-10)6(9)5(3)8/h1-2,7-10H. The van der Waals surface area contributed by atoms with Crippen molar-refractivity contribution >= 4 is 0 Å². The highest BCUT2D eigenvalue weighted by Gasteiger charge is 2.12. The molecule has 0 atom stereocenters. The van der Waals surface area contributed by atoms with Crippen LogP contribution in [-0.2, 0) is 5.04 Å². The largest absolute Gasteiger partial charge is 0.504 e. The number of phenols is 3. The number of hydrogen-bond acceptors (Lipinski definition) is 6. The van der Waals surface area contributed by atoms with Crippen molar-refractivity contribution in [1.29, 1.82) is 0 Å². The summed E-state index contributed by atoms with van der Waals surface area (Å²) in [6.07, 6.45) is 0. The molecular weight excluding hydrogens is 168 g/mol. The van der Waals surface area contributed by atoms with Gasteiger partial charge in [0, 0.05) is 0 Å². The van der Waals surface area contributed by atoms with Crippen LogP contribution in [-0.4, -0.2) is 20.6 Å². The highest BCUT2D eigenvalue weighted by Crippen LogP contribution is 2.41. The molecule has 0 radical (unpaired) electrons. The summed E-state index contributed by atoms with van der Waals surface area (Å²) in [6, 6.07) is 2.16.